The highest BCUT2D eigenvalue weighted by atomic mass is 16.5. The fraction of sp³-hybridized carbons (Fsp3) is 0.421. The molecule has 1 amide bonds. The monoisotopic (exact) mass is 340 g/mol. The van der Waals surface area contributed by atoms with Crippen molar-refractivity contribution in [3.05, 3.63) is 47.9 Å². The van der Waals surface area contributed by atoms with Crippen LogP contribution in [0.25, 0.3) is 0 Å². The van der Waals surface area contributed by atoms with Gasteiger partial charge in [-0.05, 0) is 24.8 Å². The van der Waals surface area contributed by atoms with Crippen molar-refractivity contribution in [2.24, 2.45) is 5.92 Å². The van der Waals surface area contributed by atoms with E-state index in [-0.39, 0.29) is 5.91 Å². The molecule has 0 spiro atoms. The summed E-state index contributed by atoms with van der Waals surface area (Å²) in [7, 11) is 1.62. The number of carbonyl (C=O) groups excluding carboxylic acids is 1. The Morgan fingerprint density at radius 2 is 2.20 bits per heavy atom. The summed E-state index contributed by atoms with van der Waals surface area (Å²) in [6.45, 7) is 4.58. The molecule has 132 valence electrons. The summed E-state index contributed by atoms with van der Waals surface area (Å²) in [4.78, 5) is 23.2. The Morgan fingerprint density at radius 1 is 1.36 bits per heavy atom. The summed E-state index contributed by atoms with van der Waals surface area (Å²) >= 11 is 0. The highest BCUT2D eigenvalue weighted by Gasteiger charge is 2.19. The molecule has 1 fully saturated rings. The highest BCUT2D eigenvalue weighted by molar-refractivity contribution is 5.92. The zero-order valence-electron chi connectivity index (χ0n) is 14.7. The molecule has 0 saturated carbocycles. The van der Waals surface area contributed by atoms with E-state index in [1.807, 2.05) is 24.3 Å². The summed E-state index contributed by atoms with van der Waals surface area (Å²) < 4.78 is 5.31. The number of carbonyl (C=O) groups is 1. The average Bonchev–Trinajstić information content (AvgIpc) is 2.66. The molecule has 25 heavy (non-hydrogen) atoms. The van der Waals surface area contributed by atoms with Crippen LogP contribution in [0.4, 0.5) is 5.82 Å². The number of ether oxygens (including phenoxy) is 1. The van der Waals surface area contributed by atoms with Crippen molar-refractivity contribution in [3.63, 3.8) is 0 Å². The molecule has 0 radical (unpaired) electrons. The number of aromatic nitrogens is 2. The summed E-state index contributed by atoms with van der Waals surface area (Å²) in [6, 6.07) is 9.40. The van der Waals surface area contributed by atoms with Crippen molar-refractivity contribution in [1.82, 2.24) is 15.3 Å². The van der Waals surface area contributed by atoms with Crippen molar-refractivity contribution in [2.75, 3.05) is 25.1 Å². The molecule has 1 unspecified atom stereocenters. The first kappa shape index (κ1) is 17.2. The number of para-hydroxylation sites is 1. The molecule has 2 aromatic rings. The molecule has 1 aliphatic rings. The lowest BCUT2D eigenvalue weighted by Crippen LogP contribution is -2.35. The van der Waals surface area contributed by atoms with Gasteiger partial charge in [-0.15, -0.1) is 0 Å². The van der Waals surface area contributed by atoms with Crippen LogP contribution < -0.4 is 15.0 Å². The normalized spacial score (nSPS) is 17.2. The minimum Gasteiger partial charge on any atom is -0.496 e. The van der Waals surface area contributed by atoms with E-state index in [9.17, 15) is 4.79 Å². The molecule has 1 aliphatic heterocycles. The first-order valence-electron chi connectivity index (χ1n) is 8.64. The second kappa shape index (κ2) is 7.96. The zero-order chi connectivity index (χ0) is 17.6. The van der Waals surface area contributed by atoms with Crippen molar-refractivity contribution >= 4 is 11.7 Å². The third-order valence-corrected chi connectivity index (χ3v) is 4.50. The number of hydrogen-bond donors (Lipinski definition) is 1. The van der Waals surface area contributed by atoms with Gasteiger partial charge in [0.1, 0.15) is 23.6 Å². The molecule has 1 atom stereocenters. The van der Waals surface area contributed by atoms with Gasteiger partial charge in [0.05, 0.1) is 7.11 Å². The fourth-order valence-electron chi connectivity index (χ4n) is 3.16. The number of amides is 1. The van der Waals surface area contributed by atoms with Gasteiger partial charge in [-0.2, -0.15) is 0 Å². The van der Waals surface area contributed by atoms with E-state index < -0.39 is 0 Å². The van der Waals surface area contributed by atoms with Gasteiger partial charge in [0.2, 0.25) is 0 Å². The molecule has 6 heteroatoms. The van der Waals surface area contributed by atoms with Gasteiger partial charge in [0.25, 0.3) is 5.91 Å². The lowest BCUT2D eigenvalue weighted by atomic mass is 10.0. The van der Waals surface area contributed by atoms with E-state index in [4.69, 9.17) is 4.74 Å². The number of piperidine rings is 1. The molecule has 0 bridgehead atoms. The van der Waals surface area contributed by atoms with Crippen molar-refractivity contribution < 1.29 is 9.53 Å². The van der Waals surface area contributed by atoms with Crippen LogP contribution in [-0.4, -0.2) is 36.1 Å². The van der Waals surface area contributed by atoms with Crippen LogP contribution in [0, 0.1) is 5.92 Å². The molecule has 6 nitrogen and oxygen atoms in total. The summed E-state index contributed by atoms with van der Waals surface area (Å²) in [6.07, 6.45) is 3.86. The predicted molar refractivity (Wildman–Crippen MR) is 96.8 cm³/mol. The van der Waals surface area contributed by atoms with Crippen molar-refractivity contribution in [1.29, 1.82) is 0 Å². The lowest BCUT2D eigenvalue weighted by Gasteiger charge is -2.31. The Morgan fingerprint density at radius 3 is 3.00 bits per heavy atom. The van der Waals surface area contributed by atoms with Gasteiger partial charge in [-0.1, -0.05) is 25.1 Å². The average molecular weight is 340 g/mol. The van der Waals surface area contributed by atoms with Crippen molar-refractivity contribution in [3.8, 4) is 5.75 Å². The fourth-order valence-corrected chi connectivity index (χ4v) is 3.16. The topological polar surface area (TPSA) is 67.3 Å². The Bertz CT molecular complexity index is 735. The molecule has 1 N–H and O–H groups in total. The SMILES string of the molecule is COc1ccccc1CNC(=O)c1cc(N2CCCC(C)C2)ncn1. The second-order valence-electron chi connectivity index (χ2n) is 6.45. The first-order chi connectivity index (χ1) is 12.2. The number of rotatable bonds is 5. The zero-order valence-corrected chi connectivity index (χ0v) is 14.7. The van der Waals surface area contributed by atoms with E-state index in [0.29, 0.717) is 18.2 Å². The third kappa shape index (κ3) is 4.26. The summed E-state index contributed by atoms with van der Waals surface area (Å²) in [5.41, 5.74) is 1.32. The quantitative estimate of drug-likeness (QED) is 0.906. The highest BCUT2D eigenvalue weighted by Crippen LogP contribution is 2.21. The van der Waals surface area contributed by atoms with E-state index in [1.165, 1.54) is 12.7 Å². The third-order valence-electron chi connectivity index (χ3n) is 4.50. The summed E-state index contributed by atoms with van der Waals surface area (Å²) in [5, 5.41) is 2.90. The van der Waals surface area contributed by atoms with Crippen LogP contribution in [0.3, 0.4) is 0 Å². The Labute approximate surface area is 148 Å². The number of nitrogens with zero attached hydrogens (tertiary/aromatic N) is 3. The van der Waals surface area contributed by atoms with Crippen LogP contribution >= 0.6 is 0 Å². The largest absolute Gasteiger partial charge is 0.496 e. The Balaban J connectivity index is 1.67. The van der Waals surface area contributed by atoms with E-state index >= 15 is 0 Å². The molecule has 1 saturated heterocycles. The van der Waals surface area contributed by atoms with Gasteiger partial charge in [0.15, 0.2) is 0 Å². The van der Waals surface area contributed by atoms with E-state index in [0.717, 1.165) is 36.6 Å². The molecule has 1 aromatic carbocycles. The first-order valence-corrected chi connectivity index (χ1v) is 8.64. The lowest BCUT2D eigenvalue weighted by molar-refractivity contribution is 0.0945. The molecule has 1 aromatic heterocycles. The minimum absolute atomic E-state index is 0.209. The Kier molecular flexibility index (Phi) is 5.48. The maximum Gasteiger partial charge on any atom is 0.270 e. The number of hydrogen-bond acceptors (Lipinski definition) is 5. The Hall–Kier alpha value is -2.63. The second-order valence-corrected chi connectivity index (χ2v) is 6.45. The van der Waals surface area contributed by atoms with Crippen LogP contribution in [0.5, 0.6) is 5.75 Å². The standard InChI is InChI=1S/C19H24N4O2/c1-14-6-5-9-23(12-14)18-10-16(21-13-22-18)19(24)20-11-15-7-3-4-8-17(15)25-2/h3-4,7-8,10,13-14H,5-6,9,11-12H2,1-2H3,(H,20,24). The van der Waals surface area contributed by atoms with Gasteiger partial charge < -0.3 is 15.0 Å². The molecule has 3 rings (SSSR count). The van der Waals surface area contributed by atoms with Crippen LogP contribution in [-0.2, 0) is 6.54 Å². The number of benzene rings is 1. The molecule has 0 aliphatic carbocycles. The van der Waals surface area contributed by atoms with E-state index in [2.05, 4.69) is 27.1 Å². The number of nitrogens with one attached hydrogen (secondary N) is 1. The van der Waals surface area contributed by atoms with Gasteiger partial charge >= 0.3 is 0 Å². The van der Waals surface area contributed by atoms with Crippen molar-refractivity contribution in [2.45, 2.75) is 26.3 Å². The number of anilines is 1. The van der Waals surface area contributed by atoms with Crippen LogP contribution in [0.1, 0.15) is 35.8 Å². The van der Waals surface area contributed by atoms with E-state index in [1.54, 1.807) is 13.2 Å². The maximum atomic E-state index is 12.5. The maximum absolute atomic E-state index is 12.5. The molecular weight excluding hydrogens is 316 g/mol. The minimum atomic E-state index is -0.209. The molecule has 2 heterocycles. The van der Waals surface area contributed by atoms with Gasteiger partial charge in [-0.3, -0.25) is 4.79 Å². The van der Waals surface area contributed by atoms with Gasteiger partial charge in [0, 0.05) is 31.3 Å². The predicted octanol–water partition coefficient (Wildman–Crippen LogP) is 2.65. The smallest absolute Gasteiger partial charge is 0.270 e. The molecular formula is C19H24N4O2. The van der Waals surface area contributed by atoms with Crippen LogP contribution in [0.15, 0.2) is 36.7 Å². The van der Waals surface area contributed by atoms with Gasteiger partial charge in [-0.25, -0.2) is 9.97 Å². The summed E-state index contributed by atoms with van der Waals surface area (Å²) in [5.74, 6) is 2.02. The van der Waals surface area contributed by atoms with Crippen LogP contribution in [0.2, 0.25) is 0 Å². The number of methoxy groups -OCH3 is 1.